The van der Waals surface area contributed by atoms with Gasteiger partial charge < -0.3 is 9.84 Å². The third-order valence-corrected chi connectivity index (χ3v) is 2.55. The van der Waals surface area contributed by atoms with E-state index in [0.717, 1.165) is 0 Å². The number of nitrogens with zero attached hydrogens (tertiary/aromatic N) is 5. The van der Waals surface area contributed by atoms with E-state index in [9.17, 15) is 4.79 Å². The number of hydrogen-bond acceptors (Lipinski definition) is 6. The molecule has 0 aliphatic carbocycles. The first-order valence-electron chi connectivity index (χ1n) is 5.73. The predicted octanol–water partition coefficient (Wildman–Crippen LogP) is 0.939. The molecule has 0 amide bonds. The molecule has 8 nitrogen and oxygen atoms in total. The van der Waals surface area contributed by atoms with Crippen LogP contribution in [-0.4, -0.2) is 36.1 Å². The second-order valence-electron chi connectivity index (χ2n) is 4.01. The van der Waals surface area contributed by atoms with Crippen molar-refractivity contribution in [1.29, 1.82) is 0 Å². The maximum Gasteiger partial charge on any atom is 0.307 e. The molecular formula is C12H9N5O3. The fraction of sp³-hybridized carbons (Fsp3) is 0.0833. The quantitative estimate of drug-likeness (QED) is 0.753. The highest BCUT2D eigenvalue weighted by Crippen LogP contribution is 2.21. The molecule has 2 heterocycles. The number of aromatic nitrogens is 5. The largest absolute Gasteiger partial charge is 0.481 e. The first-order valence-corrected chi connectivity index (χ1v) is 5.73. The summed E-state index contributed by atoms with van der Waals surface area (Å²) in [7, 11) is 0. The second-order valence-corrected chi connectivity index (χ2v) is 4.01. The Labute approximate surface area is 112 Å². The molecule has 2 aromatic heterocycles. The highest BCUT2D eigenvalue weighted by molar-refractivity contribution is 5.70. The van der Waals surface area contributed by atoms with Crippen molar-refractivity contribution >= 4 is 11.6 Å². The number of carbonyl (C=O) groups is 1. The first kappa shape index (κ1) is 12.0. The van der Waals surface area contributed by atoms with E-state index in [4.69, 9.17) is 9.84 Å². The number of fused-ring (bicyclic) bond motifs is 1. The van der Waals surface area contributed by atoms with E-state index in [0.29, 0.717) is 22.8 Å². The summed E-state index contributed by atoms with van der Waals surface area (Å²) in [6.45, 7) is 0. The first-order chi connectivity index (χ1) is 9.72. The van der Waals surface area contributed by atoms with Gasteiger partial charge in [-0.2, -0.15) is 4.52 Å². The van der Waals surface area contributed by atoms with Gasteiger partial charge in [0, 0.05) is 0 Å². The highest BCUT2D eigenvalue weighted by atomic mass is 16.5. The van der Waals surface area contributed by atoms with Crippen LogP contribution >= 0.6 is 0 Å². The molecule has 0 atom stereocenters. The maximum absolute atomic E-state index is 10.7. The van der Waals surface area contributed by atoms with E-state index in [-0.39, 0.29) is 6.42 Å². The van der Waals surface area contributed by atoms with Gasteiger partial charge in [0.2, 0.25) is 11.5 Å². The van der Waals surface area contributed by atoms with Crippen molar-refractivity contribution in [3.8, 4) is 11.6 Å². The zero-order chi connectivity index (χ0) is 13.9. The number of hydrogen-bond donors (Lipinski definition) is 1. The Kier molecular flexibility index (Phi) is 2.96. The van der Waals surface area contributed by atoms with E-state index >= 15 is 0 Å². The SMILES string of the molecule is O=C(O)Cc1cccc(Oc2cncc3nnnn23)c1. The van der Waals surface area contributed by atoms with Gasteiger partial charge in [0.15, 0.2) is 0 Å². The number of tetrazole rings is 1. The smallest absolute Gasteiger partial charge is 0.307 e. The van der Waals surface area contributed by atoms with Crippen LogP contribution in [0.15, 0.2) is 36.7 Å². The maximum atomic E-state index is 10.7. The molecule has 0 radical (unpaired) electrons. The molecular weight excluding hydrogens is 262 g/mol. The average Bonchev–Trinajstić information content (AvgIpc) is 2.88. The number of benzene rings is 1. The molecule has 0 fully saturated rings. The summed E-state index contributed by atoms with van der Waals surface area (Å²) < 4.78 is 7.04. The topological polar surface area (TPSA) is 102 Å². The van der Waals surface area contributed by atoms with E-state index in [1.165, 1.54) is 16.9 Å². The molecule has 0 unspecified atom stereocenters. The van der Waals surface area contributed by atoms with E-state index < -0.39 is 5.97 Å². The fourth-order valence-electron chi connectivity index (χ4n) is 1.74. The van der Waals surface area contributed by atoms with Gasteiger partial charge in [-0.05, 0) is 28.1 Å². The number of aliphatic carboxylic acids is 1. The van der Waals surface area contributed by atoms with Crippen molar-refractivity contribution in [1.82, 2.24) is 25.0 Å². The fourth-order valence-corrected chi connectivity index (χ4v) is 1.74. The molecule has 8 heteroatoms. The standard InChI is InChI=1S/C12H9N5O3/c18-12(19)5-8-2-1-3-9(4-8)20-11-7-13-6-10-14-15-16-17(10)11/h1-4,6-7H,5H2,(H,18,19). The summed E-state index contributed by atoms with van der Waals surface area (Å²) in [5.74, 6) is -0.0556. The van der Waals surface area contributed by atoms with Crippen molar-refractivity contribution in [2.75, 3.05) is 0 Å². The van der Waals surface area contributed by atoms with Crippen molar-refractivity contribution < 1.29 is 14.6 Å². The third kappa shape index (κ3) is 2.39. The van der Waals surface area contributed by atoms with Crippen LogP contribution in [0, 0.1) is 0 Å². The van der Waals surface area contributed by atoms with Crippen molar-refractivity contribution in [3.63, 3.8) is 0 Å². The zero-order valence-electron chi connectivity index (χ0n) is 10.2. The summed E-state index contributed by atoms with van der Waals surface area (Å²) >= 11 is 0. The lowest BCUT2D eigenvalue weighted by Gasteiger charge is -2.06. The van der Waals surface area contributed by atoms with Crippen LogP contribution in [-0.2, 0) is 11.2 Å². The van der Waals surface area contributed by atoms with E-state index in [2.05, 4.69) is 20.5 Å². The molecule has 0 bridgehead atoms. The molecule has 0 saturated heterocycles. The third-order valence-electron chi connectivity index (χ3n) is 2.55. The Balaban J connectivity index is 1.91. The lowest BCUT2D eigenvalue weighted by atomic mass is 10.1. The van der Waals surface area contributed by atoms with Gasteiger partial charge in [-0.1, -0.05) is 12.1 Å². The molecule has 100 valence electrons. The Bertz CT molecular complexity index is 770. The lowest BCUT2D eigenvalue weighted by Crippen LogP contribution is -2.01. The molecule has 0 aliphatic heterocycles. The van der Waals surface area contributed by atoms with Crippen LogP contribution < -0.4 is 4.74 Å². The molecule has 0 aliphatic rings. The summed E-state index contributed by atoms with van der Waals surface area (Å²) in [5.41, 5.74) is 1.11. The number of carboxylic acid groups (broad SMARTS) is 1. The monoisotopic (exact) mass is 271 g/mol. The van der Waals surface area contributed by atoms with Crippen molar-refractivity contribution in [2.24, 2.45) is 0 Å². The zero-order valence-corrected chi connectivity index (χ0v) is 10.2. The van der Waals surface area contributed by atoms with Gasteiger partial charge in [0.1, 0.15) is 5.75 Å². The number of ether oxygens (including phenoxy) is 1. The molecule has 0 spiro atoms. The number of carboxylic acids is 1. The van der Waals surface area contributed by atoms with Crippen molar-refractivity contribution in [3.05, 3.63) is 42.2 Å². The minimum atomic E-state index is -0.897. The Morgan fingerprint density at radius 1 is 1.35 bits per heavy atom. The molecule has 0 saturated carbocycles. The molecule has 1 aromatic carbocycles. The summed E-state index contributed by atoms with van der Waals surface area (Å²) in [6.07, 6.45) is 2.92. The Hall–Kier alpha value is -3.03. The lowest BCUT2D eigenvalue weighted by molar-refractivity contribution is -0.136. The van der Waals surface area contributed by atoms with Crippen LogP contribution in [0.4, 0.5) is 0 Å². The van der Waals surface area contributed by atoms with Crippen LogP contribution in [0.1, 0.15) is 5.56 Å². The van der Waals surface area contributed by atoms with Crippen LogP contribution in [0.25, 0.3) is 5.65 Å². The molecule has 3 rings (SSSR count). The van der Waals surface area contributed by atoms with E-state index in [1.807, 2.05) is 0 Å². The van der Waals surface area contributed by atoms with E-state index in [1.54, 1.807) is 24.3 Å². The van der Waals surface area contributed by atoms with Gasteiger partial charge >= 0.3 is 5.97 Å². The Morgan fingerprint density at radius 3 is 3.10 bits per heavy atom. The highest BCUT2D eigenvalue weighted by Gasteiger charge is 2.07. The summed E-state index contributed by atoms with van der Waals surface area (Å²) in [5, 5.41) is 19.8. The van der Waals surface area contributed by atoms with Gasteiger partial charge in [-0.15, -0.1) is 5.10 Å². The molecule has 3 aromatic rings. The predicted molar refractivity (Wildman–Crippen MR) is 66.4 cm³/mol. The van der Waals surface area contributed by atoms with Gasteiger partial charge in [0.25, 0.3) is 0 Å². The summed E-state index contributed by atoms with van der Waals surface area (Å²) in [4.78, 5) is 14.7. The minimum Gasteiger partial charge on any atom is -0.481 e. The molecule has 1 N–H and O–H groups in total. The van der Waals surface area contributed by atoms with Crippen LogP contribution in [0.3, 0.4) is 0 Å². The van der Waals surface area contributed by atoms with Gasteiger partial charge in [0.05, 0.1) is 18.8 Å². The Morgan fingerprint density at radius 2 is 2.25 bits per heavy atom. The normalized spacial score (nSPS) is 10.6. The van der Waals surface area contributed by atoms with Crippen molar-refractivity contribution in [2.45, 2.75) is 6.42 Å². The van der Waals surface area contributed by atoms with Crippen LogP contribution in [0.5, 0.6) is 11.6 Å². The van der Waals surface area contributed by atoms with Crippen LogP contribution in [0.2, 0.25) is 0 Å². The average molecular weight is 271 g/mol. The van der Waals surface area contributed by atoms with Gasteiger partial charge in [-0.3, -0.25) is 9.78 Å². The van der Waals surface area contributed by atoms with Gasteiger partial charge in [-0.25, -0.2) is 0 Å². The minimum absolute atomic E-state index is 0.0649. The molecule has 20 heavy (non-hydrogen) atoms. The number of rotatable bonds is 4. The summed E-state index contributed by atoms with van der Waals surface area (Å²) in [6, 6.07) is 6.81. The second kappa shape index (κ2) is 4.92.